The van der Waals surface area contributed by atoms with Gasteiger partial charge in [-0.15, -0.1) is 0 Å². The van der Waals surface area contributed by atoms with Crippen LogP contribution in [0.4, 0.5) is 4.39 Å². The summed E-state index contributed by atoms with van der Waals surface area (Å²) in [5.74, 6) is -0.893. The van der Waals surface area contributed by atoms with E-state index in [-0.39, 0.29) is 24.3 Å². The molecule has 1 N–H and O–H groups in total. The SMILES string of the molecule is O=C(COc1cccnc1F)NC1CCCC1. The number of ether oxygens (including phenoxy) is 1. The second-order valence-electron chi connectivity index (χ2n) is 4.13. The van der Waals surface area contributed by atoms with Crippen molar-refractivity contribution >= 4 is 5.91 Å². The van der Waals surface area contributed by atoms with Crippen molar-refractivity contribution in [2.24, 2.45) is 0 Å². The fourth-order valence-electron chi connectivity index (χ4n) is 1.96. The minimum atomic E-state index is -0.693. The molecule has 1 fully saturated rings. The van der Waals surface area contributed by atoms with Gasteiger partial charge in [-0.2, -0.15) is 4.39 Å². The van der Waals surface area contributed by atoms with Crippen LogP contribution in [0, 0.1) is 5.95 Å². The first-order valence-corrected chi connectivity index (χ1v) is 5.78. The Morgan fingerprint density at radius 3 is 3.00 bits per heavy atom. The van der Waals surface area contributed by atoms with Crippen LogP contribution in [0.15, 0.2) is 18.3 Å². The molecule has 1 aromatic heterocycles. The van der Waals surface area contributed by atoms with Crippen molar-refractivity contribution in [2.75, 3.05) is 6.61 Å². The lowest BCUT2D eigenvalue weighted by Gasteiger charge is -2.12. The van der Waals surface area contributed by atoms with Gasteiger partial charge in [0, 0.05) is 12.2 Å². The molecule has 1 aliphatic carbocycles. The maximum absolute atomic E-state index is 13.1. The summed E-state index contributed by atoms with van der Waals surface area (Å²) in [4.78, 5) is 14.9. The van der Waals surface area contributed by atoms with Gasteiger partial charge >= 0.3 is 0 Å². The number of rotatable bonds is 4. The first kappa shape index (κ1) is 11.8. The van der Waals surface area contributed by atoms with Crippen LogP contribution in [0.5, 0.6) is 5.75 Å². The Morgan fingerprint density at radius 1 is 1.53 bits per heavy atom. The third kappa shape index (κ3) is 3.41. The quantitative estimate of drug-likeness (QED) is 0.811. The third-order valence-corrected chi connectivity index (χ3v) is 2.80. The van der Waals surface area contributed by atoms with Crippen LogP contribution in [0.1, 0.15) is 25.7 Å². The molecule has 4 nitrogen and oxygen atoms in total. The molecule has 0 unspecified atom stereocenters. The largest absolute Gasteiger partial charge is 0.479 e. The van der Waals surface area contributed by atoms with E-state index in [0.29, 0.717) is 0 Å². The van der Waals surface area contributed by atoms with Gasteiger partial charge < -0.3 is 10.1 Å². The number of nitrogens with one attached hydrogen (secondary N) is 1. The second-order valence-corrected chi connectivity index (χ2v) is 4.13. The van der Waals surface area contributed by atoms with Gasteiger partial charge in [0.2, 0.25) is 0 Å². The molecular formula is C12H15FN2O2. The highest BCUT2D eigenvalue weighted by Gasteiger charge is 2.17. The number of carbonyl (C=O) groups is 1. The van der Waals surface area contributed by atoms with Crippen molar-refractivity contribution in [3.05, 3.63) is 24.3 Å². The van der Waals surface area contributed by atoms with E-state index in [9.17, 15) is 9.18 Å². The summed E-state index contributed by atoms with van der Waals surface area (Å²) >= 11 is 0. The molecule has 0 atom stereocenters. The molecule has 1 amide bonds. The lowest BCUT2D eigenvalue weighted by Crippen LogP contribution is -2.36. The van der Waals surface area contributed by atoms with Gasteiger partial charge in [-0.1, -0.05) is 12.8 Å². The van der Waals surface area contributed by atoms with E-state index < -0.39 is 5.95 Å². The van der Waals surface area contributed by atoms with Crippen molar-refractivity contribution in [3.8, 4) is 5.75 Å². The Labute approximate surface area is 99.2 Å². The highest BCUT2D eigenvalue weighted by molar-refractivity contribution is 5.77. The average Bonchev–Trinajstić information content (AvgIpc) is 2.81. The molecule has 0 saturated heterocycles. The maximum atomic E-state index is 13.1. The molecular weight excluding hydrogens is 223 g/mol. The zero-order valence-electron chi connectivity index (χ0n) is 9.49. The van der Waals surface area contributed by atoms with Crippen LogP contribution < -0.4 is 10.1 Å². The minimum absolute atomic E-state index is 0.00840. The summed E-state index contributed by atoms with van der Waals surface area (Å²) in [5.41, 5.74) is 0. The van der Waals surface area contributed by atoms with E-state index >= 15 is 0 Å². The molecule has 92 valence electrons. The van der Waals surface area contributed by atoms with Gasteiger partial charge in [-0.3, -0.25) is 4.79 Å². The van der Waals surface area contributed by atoms with E-state index in [2.05, 4.69) is 10.3 Å². The average molecular weight is 238 g/mol. The summed E-state index contributed by atoms with van der Waals surface area (Å²) < 4.78 is 18.1. The Balaban J connectivity index is 1.77. The van der Waals surface area contributed by atoms with E-state index in [1.165, 1.54) is 12.3 Å². The number of halogens is 1. The molecule has 0 aliphatic heterocycles. The van der Waals surface area contributed by atoms with Gasteiger partial charge in [0.25, 0.3) is 11.9 Å². The highest BCUT2D eigenvalue weighted by Crippen LogP contribution is 2.17. The summed E-state index contributed by atoms with van der Waals surface area (Å²) in [7, 11) is 0. The maximum Gasteiger partial charge on any atom is 0.258 e. The van der Waals surface area contributed by atoms with Crippen LogP contribution in [-0.4, -0.2) is 23.5 Å². The zero-order valence-corrected chi connectivity index (χ0v) is 9.49. The number of pyridine rings is 1. The highest BCUT2D eigenvalue weighted by atomic mass is 19.1. The predicted molar refractivity (Wildman–Crippen MR) is 60.1 cm³/mol. The monoisotopic (exact) mass is 238 g/mol. The van der Waals surface area contributed by atoms with Gasteiger partial charge in [0.05, 0.1) is 0 Å². The Hall–Kier alpha value is -1.65. The molecule has 17 heavy (non-hydrogen) atoms. The fourth-order valence-corrected chi connectivity index (χ4v) is 1.96. The molecule has 0 bridgehead atoms. The molecule has 0 radical (unpaired) electrons. The summed E-state index contributed by atoms with van der Waals surface area (Å²) in [6.45, 7) is -0.168. The summed E-state index contributed by atoms with van der Waals surface area (Å²) in [5, 5.41) is 2.86. The topological polar surface area (TPSA) is 51.2 Å². The number of aromatic nitrogens is 1. The smallest absolute Gasteiger partial charge is 0.258 e. The number of nitrogens with zero attached hydrogens (tertiary/aromatic N) is 1. The van der Waals surface area contributed by atoms with Crippen molar-refractivity contribution in [2.45, 2.75) is 31.7 Å². The lowest BCUT2D eigenvalue weighted by molar-refractivity contribution is -0.123. The minimum Gasteiger partial charge on any atom is -0.479 e. The lowest BCUT2D eigenvalue weighted by atomic mass is 10.2. The molecule has 2 rings (SSSR count). The van der Waals surface area contributed by atoms with Crippen molar-refractivity contribution < 1.29 is 13.9 Å². The van der Waals surface area contributed by atoms with Crippen molar-refractivity contribution in [3.63, 3.8) is 0 Å². The molecule has 1 heterocycles. The number of amides is 1. The Kier molecular flexibility index (Phi) is 3.90. The molecule has 1 aliphatic rings. The van der Waals surface area contributed by atoms with Crippen molar-refractivity contribution in [1.82, 2.24) is 10.3 Å². The summed E-state index contributed by atoms with van der Waals surface area (Å²) in [6.07, 6.45) is 5.69. The molecule has 1 saturated carbocycles. The third-order valence-electron chi connectivity index (χ3n) is 2.80. The van der Waals surface area contributed by atoms with Crippen LogP contribution in [0.3, 0.4) is 0 Å². The van der Waals surface area contributed by atoms with Gasteiger partial charge in [-0.05, 0) is 25.0 Å². The zero-order chi connectivity index (χ0) is 12.1. The first-order chi connectivity index (χ1) is 8.25. The fraction of sp³-hybridized carbons (Fsp3) is 0.500. The van der Waals surface area contributed by atoms with E-state index in [0.717, 1.165) is 25.7 Å². The Morgan fingerprint density at radius 2 is 2.29 bits per heavy atom. The summed E-state index contributed by atoms with van der Waals surface area (Å²) in [6, 6.07) is 3.27. The molecule has 0 aromatic carbocycles. The van der Waals surface area contributed by atoms with Gasteiger partial charge in [0.1, 0.15) is 0 Å². The second kappa shape index (κ2) is 5.61. The van der Waals surface area contributed by atoms with Gasteiger partial charge in [-0.25, -0.2) is 4.98 Å². The standard InChI is InChI=1S/C12H15FN2O2/c13-12-10(6-3-7-14-12)17-8-11(16)15-9-4-1-2-5-9/h3,6-7,9H,1-2,4-5,8H2,(H,15,16). The Bertz CT molecular complexity index is 392. The molecule has 5 heteroatoms. The number of hydrogen-bond donors (Lipinski definition) is 1. The predicted octanol–water partition coefficient (Wildman–Crippen LogP) is 1.66. The van der Waals surface area contributed by atoms with E-state index in [4.69, 9.17) is 4.74 Å². The number of carbonyl (C=O) groups excluding carboxylic acids is 1. The first-order valence-electron chi connectivity index (χ1n) is 5.78. The van der Waals surface area contributed by atoms with Gasteiger partial charge in [0.15, 0.2) is 12.4 Å². The molecule has 0 spiro atoms. The van der Waals surface area contributed by atoms with Crippen molar-refractivity contribution in [1.29, 1.82) is 0 Å². The van der Waals surface area contributed by atoms with E-state index in [1.807, 2.05) is 0 Å². The number of hydrogen-bond acceptors (Lipinski definition) is 3. The van der Waals surface area contributed by atoms with Crippen LogP contribution >= 0.6 is 0 Å². The molecule has 1 aromatic rings. The van der Waals surface area contributed by atoms with Crippen LogP contribution in [0.25, 0.3) is 0 Å². The normalized spacial score (nSPS) is 15.8. The van der Waals surface area contributed by atoms with Crippen LogP contribution in [-0.2, 0) is 4.79 Å². The van der Waals surface area contributed by atoms with E-state index in [1.54, 1.807) is 6.07 Å². The van der Waals surface area contributed by atoms with Crippen LogP contribution in [0.2, 0.25) is 0 Å².